The second-order valence-electron chi connectivity index (χ2n) is 6.71. The van der Waals surface area contributed by atoms with Crippen LogP contribution in [-0.4, -0.2) is 23.3 Å². The maximum Gasteiger partial charge on any atom is 0.153 e. The summed E-state index contributed by atoms with van der Waals surface area (Å²) in [5.74, 6) is 3.26. The summed E-state index contributed by atoms with van der Waals surface area (Å²) in [5.41, 5.74) is 2.02. The van der Waals surface area contributed by atoms with Crippen molar-refractivity contribution in [2.75, 3.05) is 13.7 Å². The largest absolute Gasteiger partial charge is 0.497 e. The minimum absolute atomic E-state index is 0.193. The molecule has 0 aliphatic heterocycles. The lowest BCUT2D eigenvalue weighted by Gasteiger charge is -2.17. The topological polar surface area (TPSA) is 45.5 Å². The predicted octanol–water partition coefficient (Wildman–Crippen LogP) is 5.26. The van der Waals surface area contributed by atoms with Gasteiger partial charge in [-0.15, -0.1) is 0 Å². The molecule has 0 aliphatic rings. The van der Waals surface area contributed by atoms with Gasteiger partial charge < -0.3 is 18.8 Å². The van der Waals surface area contributed by atoms with Crippen LogP contribution in [0.2, 0.25) is 0 Å². The summed E-state index contributed by atoms with van der Waals surface area (Å²) in [7, 11) is 1.65. The lowest BCUT2D eigenvalue weighted by atomic mass is 10.3. The van der Waals surface area contributed by atoms with Crippen molar-refractivity contribution in [3.8, 4) is 17.2 Å². The zero-order chi connectivity index (χ0) is 20.1. The van der Waals surface area contributed by atoms with Crippen LogP contribution in [0.1, 0.15) is 18.9 Å². The van der Waals surface area contributed by atoms with Crippen LogP contribution < -0.4 is 14.2 Å². The Hall–Kier alpha value is -3.47. The quantitative estimate of drug-likeness (QED) is 0.413. The SMILES string of the molecule is COc1cccc(OCCn2c(C(C)Oc3ccccc3)nc3ccccc32)c1. The van der Waals surface area contributed by atoms with E-state index in [1.54, 1.807) is 7.11 Å². The van der Waals surface area contributed by atoms with Crippen LogP contribution >= 0.6 is 0 Å². The Morgan fingerprint density at radius 1 is 0.862 bits per heavy atom. The summed E-state index contributed by atoms with van der Waals surface area (Å²) in [6.07, 6.45) is -0.193. The highest BCUT2D eigenvalue weighted by Gasteiger charge is 2.18. The molecule has 4 aromatic rings. The number of fused-ring (bicyclic) bond motifs is 1. The maximum atomic E-state index is 6.12. The molecule has 0 fully saturated rings. The Morgan fingerprint density at radius 3 is 2.41 bits per heavy atom. The van der Waals surface area contributed by atoms with Gasteiger partial charge in [0.1, 0.15) is 23.9 Å². The van der Waals surface area contributed by atoms with Crippen LogP contribution in [-0.2, 0) is 6.54 Å². The summed E-state index contributed by atoms with van der Waals surface area (Å²) in [6, 6.07) is 25.6. The van der Waals surface area contributed by atoms with E-state index in [2.05, 4.69) is 10.6 Å². The van der Waals surface area contributed by atoms with Crippen LogP contribution in [0, 0.1) is 0 Å². The van der Waals surface area contributed by atoms with Gasteiger partial charge in [0.25, 0.3) is 0 Å². The normalized spacial score (nSPS) is 11.9. The summed E-state index contributed by atoms with van der Waals surface area (Å²) < 4.78 is 19.5. The molecule has 1 unspecified atom stereocenters. The van der Waals surface area contributed by atoms with Gasteiger partial charge in [-0.3, -0.25) is 0 Å². The van der Waals surface area contributed by atoms with Crippen molar-refractivity contribution in [3.63, 3.8) is 0 Å². The fraction of sp³-hybridized carbons (Fsp3) is 0.208. The van der Waals surface area contributed by atoms with Crippen molar-refractivity contribution in [1.29, 1.82) is 0 Å². The highest BCUT2D eigenvalue weighted by molar-refractivity contribution is 5.76. The van der Waals surface area contributed by atoms with Gasteiger partial charge in [0.2, 0.25) is 0 Å². The van der Waals surface area contributed by atoms with Gasteiger partial charge in [-0.25, -0.2) is 4.98 Å². The summed E-state index contributed by atoms with van der Waals surface area (Å²) in [4.78, 5) is 4.82. The van der Waals surface area contributed by atoms with Gasteiger partial charge in [0.15, 0.2) is 11.9 Å². The van der Waals surface area contributed by atoms with Gasteiger partial charge in [-0.05, 0) is 43.3 Å². The average Bonchev–Trinajstić information content (AvgIpc) is 3.13. The molecule has 5 nitrogen and oxygen atoms in total. The minimum Gasteiger partial charge on any atom is -0.497 e. The average molecular weight is 388 g/mol. The molecule has 1 atom stereocenters. The van der Waals surface area contributed by atoms with Gasteiger partial charge >= 0.3 is 0 Å². The Bertz CT molecular complexity index is 1080. The lowest BCUT2D eigenvalue weighted by Crippen LogP contribution is -2.15. The predicted molar refractivity (Wildman–Crippen MR) is 114 cm³/mol. The highest BCUT2D eigenvalue weighted by Crippen LogP contribution is 2.25. The summed E-state index contributed by atoms with van der Waals surface area (Å²) >= 11 is 0. The third kappa shape index (κ3) is 4.35. The fourth-order valence-electron chi connectivity index (χ4n) is 3.34. The van der Waals surface area contributed by atoms with Crippen LogP contribution in [0.3, 0.4) is 0 Å². The third-order valence-electron chi connectivity index (χ3n) is 4.73. The minimum atomic E-state index is -0.193. The monoisotopic (exact) mass is 388 g/mol. The van der Waals surface area contributed by atoms with E-state index < -0.39 is 0 Å². The molecule has 0 bridgehead atoms. The molecular formula is C24H24N2O3. The van der Waals surface area contributed by atoms with Crippen molar-refractivity contribution < 1.29 is 14.2 Å². The zero-order valence-electron chi connectivity index (χ0n) is 16.6. The molecule has 5 heteroatoms. The molecule has 0 aliphatic carbocycles. The fourth-order valence-corrected chi connectivity index (χ4v) is 3.34. The molecule has 0 N–H and O–H groups in total. The molecule has 1 aromatic heterocycles. The van der Waals surface area contributed by atoms with Crippen LogP contribution in [0.15, 0.2) is 78.9 Å². The molecule has 3 aromatic carbocycles. The Morgan fingerprint density at radius 2 is 1.59 bits per heavy atom. The molecule has 29 heavy (non-hydrogen) atoms. The van der Waals surface area contributed by atoms with E-state index in [0.29, 0.717) is 13.2 Å². The number of hydrogen-bond donors (Lipinski definition) is 0. The van der Waals surface area contributed by atoms with E-state index in [0.717, 1.165) is 34.1 Å². The number of ether oxygens (including phenoxy) is 3. The van der Waals surface area contributed by atoms with Gasteiger partial charge in [0.05, 0.1) is 24.7 Å². The number of hydrogen-bond acceptors (Lipinski definition) is 4. The molecular weight excluding hydrogens is 364 g/mol. The number of imidazole rings is 1. The first-order valence-corrected chi connectivity index (χ1v) is 9.68. The van der Waals surface area contributed by atoms with Crippen LogP contribution in [0.25, 0.3) is 11.0 Å². The van der Waals surface area contributed by atoms with Gasteiger partial charge in [0, 0.05) is 6.07 Å². The first-order valence-electron chi connectivity index (χ1n) is 9.68. The maximum absolute atomic E-state index is 6.12. The second kappa shape index (κ2) is 8.69. The van der Waals surface area contributed by atoms with E-state index in [4.69, 9.17) is 19.2 Å². The number of rotatable bonds is 8. The van der Waals surface area contributed by atoms with E-state index in [-0.39, 0.29) is 6.10 Å². The number of methoxy groups -OCH3 is 1. The molecule has 0 radical (unpaired) electrons. The van der Waals surface area contributed by atoms with Crippen LogP contribution in [0.4, 0.5) is 0 Å². The zero-order valence-corrected chi connectivity index (χ0v) is 16.6. The molecule has 1 heterocycles. The first-order chi connectivity index (χ1) is 14.2. The van der Waals surface area contributed by atoms with Crippen molar-refractivity contribution in [3.05, 3.63) is 84.7 Å². The number of aromatic nitrogens is 2. The standard InChI is InChI=1S/C24H24N2O3/c1-18(29-19-9-4-3-5-10-19)24-25-22-13-6-7-14-23(22)26(24)15-16-28-21-12-8-11-20(17-21)27-2/h3-14,17-18H,15-16H2,1-2H3. The van der Waals surface area contributed by atoms with E-state index in [9.17, 15) is 0 Å². The highest BCUT2D eigenvalue weighted by atomic mass is 16.5. The number of nitrogens with zero attached hydrogens (tertiary/aromatic N) is 2. The van der Waals surface area contributed by atoms with E-state index in [1.165, 1.54) is 0 Å². The Balaban J connectivity index is 1.54. The van der Waals surface area contributed by atoms with Gasteiger partial charge in [-0.2, -0.15) is 0 Å². The molecule has 0 saturated heterocycles. The van der Waals surface area contributed by atoms with E-state index >= 15 is 0 Å². The Labute approximate surface area is 170 Å². The van der Waals surface area contributed by atoms with Crippen molar-refractivity contribution in [2.24, 2.45) is 0 Å². The van der Waals surface area contributed by atoms with Crippen molar-refractivity contribution in [1.82, 2.24) is 9.55 Å². The molecule has 0 saturated carbocycles. The Kier molecular flexibility index (Phi) is 5.66. The molecule has 148 valence electrons. The molecule has 0 amide bonds. The van der Waals surface area contributed by atoms with Crippen molar-refractivity contribution in [2.45, 2.75) is 19.6 Å². The smallest absolute Gasteiger partial charge is 0.153 e. The first kappa shape index (κ1) is 18.9. The third-order valence-corrected chi connectivity index (χ3v) is 4.73. The molecule has 4 rings (SSSR count). The lowest BCUT2D eigenvalue weighted by molar-refractivity contribution is 0.207. The van der Waals surface area contributed by atoms with Gasteiger partial charge in [-0.1, -0.05) is 36.4 Å². The summed E-state index contributed by atoms with van der Waals surface area (Å²) in [6.45, 7) is 3.20. The molecule has 0 spiro atoms. The van der Waals surface area contributed by atoms with Crippen molar-refractivity contribution >= 4 is 11.0 Å². The van der Waals surface area contributed by atoms with Crippen LogP contribution in [0.5, 0.6) is 17.2 Å². The second-order valence-corrected chi connectivity index (χ2v) is 6.71. The number of para-hydroxylation sites is 3. The van der Waals surface area contributed by atoms with E-state index in [1.807, 2.05) is 79.7 Å². The number of benzene rings is 3. The summed E-state index contributed by atoms with van der Waals surface area (Å²) in [5, 5.41) is 0.